The Morgan fingerprint density at radius 2 is 1.63 bits per heavy atom. The maximum Gasteiger partial charge on any atom is 0.311 e. The van der Waals surface area contributed by atoms with Crippen molar-refractivity contribution in [1.82, 2.24) is 0 Å². The predicted molar refractivity (Wildman–Crippen MR) is 189 cm³/mol. The third-order valence-corrected chi connectivity index (χ3v) is 12.0. The second-order valence-electron chi connectivity index (χ2n) is 14.9. The van der Waals surface area contributed by atoms with E-state index in [1.807, 2.05) is 56.1 Å². The van der Waals surface area contributed by atoms with Crippen molar-refractivity contribution in [2.45, 2.75) is 85.4 Å². The van der Waals surface area contributed by atoms with E-state index in [-0.39, 0.29) is 21.7 Å². The zero-order valence-electron chi connectivity index (χ0n) is 28.0. The number of fused-ring (bicyclic) bond motifs is 1. The molecule has 2 bridgehead atoms. The van der Waals surface area contributed by atoms with Crippen LogP contribution in [0.25, 0.3) is 0 Å². The highest BCUT2D eigenvalue weighted by atomic mass is 79.9. The average Bonchev–Trinajstić information content (AvgIpc) is 3.27. The van der Waals surface area contributed by atoms with Crippen molar-refractivity contribution in [3.8, 4) is 17.6 Å². The number of esters is 1. The van der Waals surface area contributed by atoms with Gasteiger partial charge in [-0.3, -0.25) is 4.79 Å². The van der Waals surface area contributed by atoms with Gasteiger partial charge >= 0.3 is 5.97 Å². The van der Waals surface area contributed by atoms with Crippen LogP contribution in [0.15, 0.2) is 65.2 Å². The summed E-state index contributed by atoms with van der Waals surface area (Å²) in [5.41, 5.74) is 0.773. The number of nitriles is 1. The average molecular weight is 734 g/mol. The van der Waals surface area contributed by atoms with Crippen molar-refractivity contribution < 1.29 is 19.4 Å². The number of ether oxygens (including phenoxy) is 2. The fraction of sp³-hybridized carbons (Fsp3) is 0.579. The third-order valence-electron chi connectivity index (χ3n) is 11.8. The van der Waals surface area contributed by atoms with Crippen LogP contribution in [0.1, 0.15) is 85.3 Å². The molecule has 1 unspecified atom stereocenters. The van der Waals surface area contributed by atoms with Crippen molar-refractivity contribution in [2.75, 3.05) is 5.83 Å². The Balaban J connectivity index is 0.000000224. The van der Waals surface area contributed by atoms with Crippen LogP contribution >= 0.6 is 39.1 Å². The van der Waals surface area contributed by atoms with E-state index in [1.54, 1.807) is 30.3 Å². The summed E-state index contributed by atoms with van der Waals surface area (Å²) in [5, 5.41) is 20.2. The molecule has 1 spiro atoms. The van der Waals surface area contributed by atoms with E-state index in [0.717, 1.165) is 18.3 Å². The highest BCUT2D eigenvalue weighted by molar-refractivity contribution is 9.08. The fourth-order valence-electron chi connectivity index (χ4n) is 9.18. The molecule has 4 aliphatic rings. The van der Waals surface area contributed by atoms with Crippen LogP contribution in [0.2, 0.25) is 0 Å². The molecular formula is C38H48BrCl2NO4. The summed E-state index contributed by atoms with van der Waals surface area (Å²) in [6.45, 7) is 13.2. The van der Waals surface area contributed by atoms with Gasteiger partial charge < -0.3 is 14.6 Å². The summed E-state index contributed by atoms with van der Waals surface area (Å²) >= 11 is 14.4. The molecule has 0 aromatic heterocycles. The third kappa shape index (κ3) is 7.19. The molecule has 5 nitrogen and oxygen atoms in total. The lowest BCUT2D eigenvalue weighted by atomic mass is 9.64. The monoisotopic (exact) mass is 731 g/mol. The van der Waals surface area contributed by atoms with Crippen molar-refractivity contribution in [3.63, 3.8) is 0 Å². The second-order valence-corrected chi connectivity index (χ2v) is 15.9. The maximum atomic E-state index is 12.6. The van der Waals surface area contributed by atoms with Gasteiger partial charge in [-0.1, -0.05) is 104 Å². The molecular weight excluding hydrogens is 685 g/mol. The Kier molecular flexibility index (Phi) is 11.4. The number of rotatable bonds is 6. The molecule has 4 fully saturated rings. The van der Waals surface area contributed by atoms with Crippen molar-refractivity contribution >= 4 is 45.1 Å². The van der Waals surface area contributed by atoms with Gasteiger partial charge in [0.05, 0.1) is 11.5 Å². The molecule has 0 heterocycles. The first-order valence-corrected chi connectivity index (χ1v) is 18.5. The number of alkyl halides is 1. The minimum Gasteiger partial charge on any atom is -0.457 e. The summed E-state index contributed by atoms with van der Waals surface area (Å²) < 4.78 is 11.4. The zero-order chi connectivity index (χ0) is 34.1. The number of carbonyl (C=O) groups is 1. The first kappa shape index (κ1) is 36.8. The number of allylic oxidation sites excluding steroid dienone is 1. The number of para-hydroxylation sites is 1. The largest absolute Gasteiger partial charge is 0.457 e. The minimum atomic E-state index is -1.03. The van der Waals surface area contributed by atoms with E-state index >= 15 is 0 Å². The fourth-order valence-corrected chi connectivity index (χ4v) is 9.45. The second kappa shape index (κ2) is 14.2. The summed E-state index contributed by atoms with van der Waals surface area (Å²) in [5.74, 6) is 4.39. The molecule has 4 saturated carbocycles. The molecule has 0 amide bonds. The molecule has 4 aliphatic carbocycles. The van der Waals surface area contributed by atoms with E-state index in [4.69, 9.17) is 32.7 Å². The zero-order valence-corrected chi connectivity index (χ0v) is 31.1. The lowest BCUT2D eigenvalue weighted by Gasteiger charge is -2.44. The van der Waals surface area contributed by atoms with E-state index in [0.29, 0.717) is 33.8 Å². The number of hydrogen-bond donors (Lipinski definition) is 1. The highest BCUT2D eigenvalue weighted by Crippen LogP contribution is 2.73. The molecule has 46 heavy (non-hydrogen) atoms. The van der Waals surface area contributed by atoms with Crippen LogP contribution in [0.3, 0.4) is 0 Å². The van der Waals surface area contributed by atoms with Gasteiger partial charge in [-0.15, -0.1) is 0 Å². The minimum absolute atomic E-state index is 0.114. The molecule has 2 aromatic rings. The SMILES string of the molecule is CBr.CC1(C)[C@H](C=C(Cl)Cl)[C@H]1C(=O)OC(C#N)c1cccc(Oc2ccccc2)c1.C[C@@H]1CC[C@H]2C(C)(C)[C@H]3C[C@@]12CC[C@@]3(C)O. The van der Waals surface area contributed by atoms with Crippen molar-refractivity contribution in [2.24, 2.45) is 45.8 Å². The molecule has 2 aromatic carbocycles. The number of carbonyl (C=O) groups excluding carboxylic acids is 1. The molecule has 8 atom stereocenters. The van der Waals surface area contributed by atoms with Crippen LogP contribution in [0, 0.1) is 57.2 Å². The van der Waals surface area contributed by atoms with Gasteiger partial charge in [0.2, 0.25) is 6.10 Å². The molecule has 250 valence electrons. The summed E-state index contributed by atoms with van der Waals surface area (Å²) in [4.78, 5) is 12.6. The summed E-state index contributed by atoms with van der Waals surface area (Å²) in [7, 11) is 0. The van der Waals surface area contributed by atoms with Crippen LogP contribution in [0.5, 0.6) is 11.5 Å². The van der Waals surface area contributed by atoms with E-state index < -0.39 is 17.7 Å². The number of hydrogen-bond acceptors (Lipinski definition) is 5. The van der Waals surface area contributed by atoms with Gasteiger partial charge in [0.1, 0.15) is 22.1 Å². The predicted octanol–water partition coefficient (Wildman–Crippen LogP) is 10.8. The molecule has 8 heteroatoms. The lowest BCUT2D eigenvalue weighted by molar-refractivity contribution is -0.149. The van der Waals surface area contributed by atoms with Gasteiger partial charge in [-0.25, -0.2) is 0 Å². The Morgan fingerprint density at radius 3 is 2.26 bits per heavy atom. The Morgan fingerprint density at radius 1 is 0.978 bits per heavy atom. The summed E-state index contributed by atoms with van der Waals surface area (Å²) in [6, 6.07) is 18.3. The highest BCUT2D eigenvalue weighted by Gasteiger charge is 2.67. The van der Waals surface area contributed by atoms with E-state index in [9.17, 15) is 15.2 Å². The molecule has 0 saturated heterocycles. The van der Waals surface area contributed by atoms with Gasteiger partial charge in [-0.2, -0.15) is 5.26 Å². The number of nitrogens with zero attached hydrogens (tertiary/aromatic N) is 1. The Hall–Kier alpha value is -2.04. The number of benzene rings is 2. The Labute approximate surface area is 293 Å². The number of aliphatic hydroxyl groups is 1. The lowest BCUT2D eigenvalue weighted by Crippen LogP contribution is -2.44. The maximum absolute atomic E-state index is 12.6. The molecule has 0 aliphatic heterocycles. The van der Waals surface area contributed by atoms with Crippen LogP contribution in [-0.4, -0.2) is 22.5 Å². The van der Waals surface area contributed by atoms with Gasteiger partial charge in [-0.05, 0) is 115 Å². The van der Waals surface area contributed by atoms with Crippen molar-refractivity contribution in [3.05, 3.63) is 70.7 Å². The molecule has 1 N–H and O–H groups in total. The first-order valence-electron chi connectivity index (χ1n) is 16.2. The standard InChI is InChI=1S/C22H19Cl2NO3.C15H26O.CH3Br/c1-22(2)17(12-19(23)24)20(22)21(26)28-18(13-25)14-7-6-10-16(11-14)27-15-8-4-3-5-9-15;1-10-5-6-11-13(2,3)12-9-15(10,11)8-7-14(12,4)16;1-2/h3-12,17-18,20H,1-2H3;10-12,16H,5-9H2,1-4H3;1H3/t17-,18?,20+;10-,11+,12-,14-,15+;/m11./s1. The van der Waals surface area contributed by atoms with E-state index in [1.165, 1.54) is 25.7 Å². The molecule has 6 rings (SSSR count). The molecule has 0 radical (unpaired) electrons. The van der Waals surface area contributed by atoms with Crippen molar-refractivity contribution in [1.29, 1.82) is 5.26 Å². The van der Waals surface area contributed by atoms with Crippen LogP contribution < -0.4 is 4.74 Å². The van der Waals surface area contributed by atoms with Gasteiger partial charge in [0.15, 0.2) is 0 Å². The topological polar surface area (TPSA) is 79.6 Å². The van der Waals surface area contributed by atoms with E-state index in [2.05, 4.69) is 43.6 Å². The van der Waals surface area contributed by atoms with Crippen LogP contribution in [0.4, 0.5) is 0 Å². The van der Waals surface area contributed by atoms with Gasteiger partial charge in [0.25, 0.3) is 0 Å². The quantitative estimate of drug-likeness (QED) is 0.236. The van der Waals surface area contributed by atoms with Gasteiger partial charge in [0, 0.05) is 5.56 Å². The smallest absolute Gasteiger partial charge is 0.311 e. The van der Waals surface area contributed by atoms with Crippen LogP contribution in [-0.2, 0) is 9.53 Å². The number of halogens is 3. The Bertz CT molecular complexity index is 1440. The first-order chi connectivity index (χ1) is 21.6. The summed E-state index contributed by atoms with van der Waals surface area (Å²) in [6.07, 6.45) is 7.03. The normalized spacial score (nSPS) is 33.0.